The zero-order chi connectivity index (χ0) is 15.0. The Kier molecular flexibility index (Phi) is 6.96. The molecule has 0 saturated carbocycles. The van der Waals surface area contributed by atoms with Crippen molar-refractivity contribution < 1.29 is 19.5 Å². The number of carboxylic acid groups (broad SMARTS) is 1. The number of carbonyl (C=O) groups is 3. The van der Waals surface area contributed by atoms with Crippen LogP contribution in [0.15, 0.2) is 0 Å². The first-order chi connectivity index (χ1) is 8.79. The molecule has 0 fully saturated rings. The molecule has 0 aromatic rings. The van der Waals surface area contributed by atoms with Crippen LogP contribution >= 0.6 is 0 Å². The molecule has 3 amide bonds. The van der Waals surface area contributed by atoms with Crippen LogP contribution in [0.25, 0.3) is 0 Å². The number of hydrogen-bond donors (Lipinski definition) is 2. The topological polar surface area (TPSA) is 128 Å². The predicted octanol–water partition coefficient (Wildman–Crippen LogP) is -0.398. The van der Waals surface area contributed by atoms with Crippen molar-refractivity contribution in [3.8, 4) is 6.07 Å². The molecule has 8 heteroatoms. The molecule has 0 heterocycles. The highest BCUT2D eigenvalue weighted by molar-refractivity contribution is 5.86. The van der Waals surface area contributed by atoms with Gasteiger partial charge in [-0.1, -0.05) is 0 Å². The second kappa shape index (κ2) is 7.92. The molecule has 0 aliphatic rings. The van der Waals surface area contributed by atoms with E-state index in [0.717, 1.165) is 4.90 Å². The Morgan fingerprint density at radius 3 is 2.26 bits per heavy atom. The van der Waals surface area contributed by atoms with Gasteiger partial charge in [0.25, 0.3) is 0 Å². The van der Waals surface area contributed by atoms with E-state index in [0.29, 0.717) is 0 Å². The second-order valence-electron chi connectivity index (χ2n) is 4.19. The molecule has 0 aliphatic carbocycles. The number of nitrogens with two attached hydrogens (primary N) is 1. The molecule has 0 spiro atoms. The number of urea groups is 1. The van der Waals surface area contributed by atoms with Gasteiger partial charge in [0.05, 0.1) is 12.5 Å². The summed E-state index contributed by atoms with van der Waals surface area (Å²) in [7, 11) is 0. The van der Waals surface area contributed by atoms with E-state index in [1.807, 2.05) is 6.07 Å². The van der Waals surface area contributed by atoms with Crippen LogP contribution in [0.5, 0.6) is 0 Å². The Hall–Kier alpha value is -2.30. The Morgan fingerprint density at radius 1 is 1.32 bits per heavy atom. The summed E-state index contributed by atoms with van der Waals surface area (Å²) in [6, 6.07) is 1.07. The van der Waals surface area contributed by atoms with Crippen molar-refractivity contribution in [2.45, 2.75) is 26.3 Å². The maximum Gasteiger partial charge on any atom is 0.323 e. The van der Waals surface area contributed by atoms with Crippen molar-refractivity contribution in [3.05, 3.63) is 0 Å². The van der Waals surface area contributed by atoms with E-state index in [9.17, 15) is 14.4 Å². The number of rotatable bonds is 7. The summed E-state index contributed by atoms with van der Waals surface area (Å²) in [5.74, 6) is -2.03. The van der Waals surface area contributed by atoms with Gasteiger partial charge >= 0.3 is 12.0 Å². The van der Waals surface area contributed by atoms with E-state index in [1.165, 1.54) is 4.90 Å². The van der Waals surface area contributed by atoms with Gasteiger partial charge in [-0.25, -0.2) is 4.79 Å². The summed E-state index contributed by atoms with van der Waals surface area (Å²) in [5.41, 5.74) is 4.99. The predicted molar refractivity (Wildman–Crippen MR) is 65.9 cm³/mol. The lowest BCUT2D eigenvalue weighted by Gasteiger charge is -2.31. The van der Waals surface area contributed by atoms with Crippen LogP contribution in [-0.2, 0) is 9.59 Å². The van der Waals surface area contributed by atoms with Crippen LogP contribution in [0, 0.1) is 11.3 Å². The van der Waals surface area contributed by atoms with Crippen LogP contribution in [0.2, 0.25) is 0 Å². The highest BCUT2D eigenvalue weighted by Crippen LogP contribution is 2.06. The molecular weight excluding hydrogens is 252 g/mol. The first-order valence-electron chi connectivity index (χ1n) is 5.72. The molecule has 106 valence electrons. The monoisotopic (exact) mass is 270 g/mol. The number of carboxylic acids is 1. The van der Waals surface area contributed by atoms with Gasteiger partial charge in [-0.15, -0.1) is 0 Å². The summed E-state index contributed by atoms with van der Waals surface area (Å²) in [4.78, 5) is 35.9. The number of nitriles is 1. The van der Waals surface area contributed by atoms with Crippen molar-refractivity contribution in [1.29, 1.82) is 5.26 Å². The number of hydrogen-bond acceptors (Lipinski definition) is 4. The van der Waals surface area contributed by atoms with Crippen molar-refractivity contribution in [2.75, 3.05) is 19.6 Å². The smallest absolute Gasteiger partial charge is 0.323 e. The molecule has 0 unspecified atom stereocenters. The minimum absolute atomic E-state index is 0.126. The standard InChI is InChI=1S/C11H18N4O4/c1-8(2)15(5-3-4-12)11(19)14(6-9(13)16)7-10(17)18/h8H,3,5-7H2,1-2H3,(H2,13,16)(H,17,18). The molecule has 0 radical (unpaired) electrons. The molecule has 8 nitrogen and oxygen atoms in total. The average Bonchev–Trinajstić information content (AvgIpc) is 2.26. The minimum Gasteiger partial charge on any atom is -0.480 e. The van der Waals surface area contributed by atoms with E-state index in [1.54, 1.807) is 13.8 Å². The summed E-state index contributed by atoms with van der Waals surface area (Å²) in [5, 5.41) is 17.3. The molecular formula is C11H18N4O4. The van der Waals surface area contributed by atoms with Crippen LogP contribution in [-0.4, -0.2) is 58.5 Å². The number of primary amides is 1. The fraction of sp³-hybridized carbons (Fsp3) is 0.636. The van der Waals surface area contributed by atoms with Gasteiger partial charge in [0.2, 0.25) is 5.91 Å². The lowest BCUT2D eigenvalue weighted by molar-refractivity contribution is -0.138. The highest BCUT2D eigenvalue weighted by Gasteiger charge is 2.25. The molecule has 0 bridgehead atoms. The first-order valence-corrected chi connectivity index (χ1v) is 5.72. The van der Waals surface area contributed by atoms with Gasteiger partial charge in [-0.05, 0) is 13.8 Å². The third-order valence-electron chi connectivity index (χ3n) is 2.28. The Bertz CT molecular complexity index is 373. The number of nitrogens with zero attached hydrogens (tertiary/aromatic N) is 3. The minimum atomic E-state index is -1.24. The third kappa shape index (κ3) is 6.26. The quantitative estimate of drug-likeness (QED) is 0.650. The van der Waals surface area contributed by atoms with Crippen molar-refractivity contribution in [1.82, 2.24) is 9.80 Å². The number of amides is 3. The summed E-state index contributed by atoms with van der Waals surface area (Å²) >= 11 is 0. The van der Waals surface area contributed by atoms with Gasteiger partial charge in [0, 0.05) is 12.6 Å². The average molecular weight is 270 g/mol. The highest BCUT2D eigenvalue weighted by atomic mass is 16.4. The molecule has 0 rings (SSSR count). The molecule has 0 aromatic heterocycles. The summed E-state index contributed by atoms with van der Waals surface area (Å²) in [6.45, 7) is 2.55. The van der Waals surface area contributed by atoms with E-state index in [-0.39, 0.29) is 19.0 Å². The fourth-order valence-electron chi connectivity index (χ4n) is 1.47. The van der Waals surface area contributed by atoms with Crippen LogP contribution in [0.4, 0.5) is 4.79 Å². The van der Waals surface area contributed by atoms with Crippen molar-refractivity contribution in [3.63, 3.8) is 0 Å². The third-order valence-corrected chi connectivity index (χ3v) is 2.28. The molecule has 0 atom stereocenters. The maximum atomic E-state index is 12.1. The lowest BCUT2D eigenvalue weighted by Crippen LogP contribution is -2.50. The number of carbonyl (C=O) groups excluding carboxylic acids is 2. The zero-order valence-electron chi connectivity index (χ0n) is 11.0. The van der Waals surface area contributed by atoms with Gasteiger partial charge in [-0.2, -0.15) is 5.26 Å². The molecule has 3 N–H and O–H groups in total. The zero-order valence-corrected chi connectivity index (χ0v) is 11.0. The van der Waals surface area contributed by atoms with Crippen molar-refractivity contribution >= 4 is 17.9 Å². The normalized spacial score (nSPS) is 9.79. The fourth-order valence-corrected chi connectivity index (χ4v) is 1.47. The van der Waals surface area contributed by atoms with Crippen molar-refractivity contribution in [2.24, 2.45) is 5.73 Å². The largest absolute Gasteiger partial charge is 0.480 e. The van der Waals surface area contributed by atoms with Crippen LogP contribution < -0.4 is 5.73 Å². The van der Waals surface area contributed by atoms with E-state index >= 15 is 0 Å². The first kappa shape index (κ1) is 16.7. The van der Waals surface area contributed by atoms with E-state index < -0.39 is 31.0 Å². The van der Waals surface area contributed by atoms with Gasteiger partial charge < -0.3 is 20.6 Å². The molecule has 0 aromatic carbocycles. The van der Waals surface area contributed by atoms with Gasteiger partial charge in [-0.3, -0.25) is 9.59 Å². The lowest BCUT2D eigenvalue weighted by atomic mass is 10.3. The maximum absolute atomic E-state index is 12.1. The second-order valence-corrected chi connectivity index (χ2v) is 4.19. The molecule has 0 saturated heterocycles. The Labute approximate surface area is 111 Å². The Morgan fingerprint density at radius 2 is 1.89 bits per heavy atom. The SMILES string of the molecule is CC(C)N(CCC#N)C(=O)N(CC(N)=O)CC(=O)O. The Balaban J connectivity index is 4.95. The summed E-state index contributed by atoms with van der Waals surface area (Å²) in [6.07, 6.45) is 0.126. The molecule has 19 heavy (non-hydrogen) atoms. The van der Waals surface area contributed by atoms with Crippen LogP contribution in [0.1, 0.15) is 20.3 Å². The number of aliphatic carboxylic acids is 1. The van der Waals surface area contributed by atoms with E-state index in [4.69, 9.17) is 16.1 Å². The van der Waals surface area contributed by atoms with Gasteiger partial charge in [0.1, 0.15) is 13.1 Å². The van der Waals surface area contributed by atoms with Crippen LogP contribution in [0.3, 0.4) is 0 Å². The molecule has 0 aliphatic heterocycles. The van der Waals surface area contributed by atoms with Gasteiger partial charge in [0.15, 0.2) is 0 Å². The summed E-state index contributed by atoms with van der Waals surface area (Å²) < 4.78 is 0. The van der Waals surface area contributed by atoms with E-state index in [2.05, 4.69) is 0 Å².